The number of piperazine rings is 1. The number of fused-ring (bicyclic) bond motifs is 4. The van der Waals surface area contributed by atoms with Crippen molar-refractivity contribution in [3.05, 3.63) is 171 Å². The number of hydrogen-bond donors (Lipinski definition) is 1. The molecule has 11 nitrogen and oxygen atoms in total. The van der Waals surface area contributed by atoms with Crippen LogP contribution in [0.2, 0.25) is 0 Å². The van der Waals surface area contributed by atoms with Gasteiger partial charge in [0.2, 0.25) is 0 Å². The molecule has 67 heavy (non-hydrogen) atoms. The van der Waals surface area contributed by atoms with Gasteiger partial charge in [-0.25, -0.2) is 4.98 Å². The van der Waals surface area contributed by atoms with Crippen molar-refractivity contribution >= 4 is 28.4 Å². The van der Waals surface area contributed by atoms with Crippen LogP contribution in [0.1, 0.15) is 85.7 Å². The lowest BCUT2D eigenvalue weighted by molar-refractivity contribution is 0.0961. The summed E-state index contributed by atoms with van der Waals surface area (Å²) in [5.74, 6) is 4.82. The minimum Gasteiger partial charge on any atom is -0.508 e. The third-order valence-corrected chi connectivity index (χ3v) is 16.6. The highest BCUT2D eigenvalue weighted by Crippen LogP contribution is 2.47. The fraction of sp³-hybridized carbons (Fsp3) is 0.382. The first-order chi connectivity index (χ1) is 32.8. The summed E-state index contributed by atoms with van der Waals surface area (Å²) in [6, 6.07) is 35.2. The summed E-state index contributed by atoms with van der Waals surface area (Å²) in [5.41, 5.74) is 12.5. The van der Waals surface area contributed by atoms with E-state index in [4.69, 9.17) is 9.41 Å². The van der Waals surface area contributed by atoms with Gasteiger partial charge in [-0.2, -0.15) is 0 Å². The Morgan fingerprint density at radius 1 is 0.746 bits per heavy atom. The molecule has 0 radical (unpaired) electrons. The van der Waals surface area contributed by atoms with Crippen molar-refractivity contribution in [3.8, 4) is 10.8 Å². The van der Waals surface area contributed by atoms with Gasteiger partial charge in [0, 0.05) is 111 Å². The van der Waals surface area contributed by atoms with E-state index in [-0.39, 0.29) is 12.0 Å². The first-order valence-electron chi connectivity index (χ1n) is 24.3. The maximum atomic E-state index is 10.3. The molecule has 1 N–H and O–H groups in total. The number of oxazole rings is 1. The molecule has 0 amide bonds. The summed E-state index contributed by atoms with van der Waals surface area (Å²) in [6.45, 7) is 17.9. The number of hydrogen-bond acceptors (Lipinski definition) is 11. The lowest BCUT2D eigenvalue weighted by atomic mass is 9.69. The van der Waals surface area contributed by atoms with Crippen molar-refractivity contribution in [2.45, 2.75) is 57.9 Å². The molecule has 7 aromatic rings. The Morgan fingerprint density at radius 2 is 1.42 bits per heavy atom. The molecule has 0 unspecified atom stereocenters. The van der Waals surface area contributed by atoms with Crippen LogP contribution in [-0.2, 0) is 12.8 Å². The third kappa shape index (κ3) is 8.06. The number of aromatic hydroxyl groups is 1. The molecule has 4 aromatic carbocycles. The molecular formula is C55H59N9O2S. The molecule has 3 saturated heterocycles. The number of thiophene rings is 1. The first-order valence-corrected chi connectivity index (χ1v) is 25.1. The molecule has 5 aliphatic rings. The summed E-state index contributed by atoms with van der Waals surface area (Å²) in [5, 5.41) is 20.5. The summed E-state index contributed by atoms with van der Waals surface area (Å²) >= 11 is 1.78. The van der Waals surface area contributed by atoms with Crippen molar-refractivity contribution in [1.29, 1.82) is 0 Å². The van der Waals surface area contributed by atoms with E-state index in [9.17, 15) is 5.11 Å². The van der Waals surface area contributed by atoms with Crippen LogP contribution >= 0.6 is 11.3 Å². The van der Waals surface area contributed by atoms with E-state index in [1.807, 2.05) is 19.1 Å². The number of phenols is 1. The van der Waals surface area contributed by atoms with Crippen LogP contribution < -0.4 is 9.80 Å². The minimum atomic E-state index is -0.274. The minimum absolute atomic E-state index is 0.274. The van der Waals surface area contributed by atoms with Gasteiger partial charge in [0.1, 0.15) is 28.9 Å². The molecule has 3 fully saturated rings. The van der Waals surface area contributed by atoms with Gasteiger partial charge >= 0.3 is 0 Å². The van der Waals surface area contributed by atoms with E-state index in [2.05, 4.69) is 138 Å². The highest BCUT2D eigenvalue weighted by atomic mass is 32.1. The monoisotopic (exact) mass is 909 g/mol. The summed E-state index contributed by atoms with van der Waals surface area (Å²) in [4.78, 5) is 21.6. The number of aromatic nitrogens is 4. The van der Waals surface area contributed by atoms with Crippen molar-refractivity contribution in [1.82, 2.24) is 29.5 Å². The summed E-state index contributed by atoms with van der Waals surface area (Å²) in [7, 11) is 0. The Kier molecular flexibility index (Phi) is 11.1. The second-order valence-corrected chi connectivity index (χ2v) is 20.9. The topological polar surface area (TPSA) is 102 Å². The quantitative estimate of drug-likeness (QED) is 0.136. The summed E-state index contributed by atoms with van der Waals surface area (Å²) in [6.07, 6.45) is 5.90. The molecule has 12 rings (SSSR count). The number of rotatable bonds is 11. The first kappa shape index (κ1) is 42.3. The van der Waals surface area contributed by atoms with E-state index in [0.29, 0.717) is 29.9 Å². The van der Waals surface area contributed by atoms with E-state index >= 15 is 0 Å². The zero-order chi connectivity index (χ0) is 45.2. The van der Waals surface area contributed by atoms with Crippen LogP contribution in [0.15, 0.2) is 119 Å². The van der Waals surface area contributed by atoms with Gasteiger partial charge in [-0.15, -0.1) is 21.5 Å². The number of benzene rings is 4. The number of anilines is 2. The summed E-state index contributed by atoms with van der Waals surface area (Å²) < 4.78 is 7.87. The number of aliphatic imine (C=N–C) groups is 1. The van der Waals surface area contributed by atoms with Crippen molar-refractivity contribution in [3.63, 3.8) is 0 Å². The average Bonchev–Trinajstić information content (AvgIpc) is 4.04. The predicted octanol–water partition coefficient (Wildman–Crippen LogP) is 9.13. The molecule has 4 aliphatic heterocycles. The predicted molar refractivity (Wildman–Crippen MR) is 267 cm³/mol. The average molecular weight is 910 g/mol. The van der Waals surface area contributed by atoms with Crippen molar-refractivity contribution in [2.75, 3.05) is 75.2 Å². The Labute approximate surface area is 397 Å². The number of nitrogens with zero attached hydrogens (tertiary/aromatic N) is 9. The van der Waals surface area contributed by atoms with E-state index < -0.39 is 0 Å². The smallest absolute Gasteiger partial charge is 0.196 e. The molecule has 0 saturated carbocycles. The van der Waals surface area contributed by atoms with Crippen LogP contribution in [0.25, 0.3) is 5.00 Å². The maximum absolute atomic E-state index is 10.3. The van der Waals surface area contributed by atoms with Crippen LogP contribution in [0.3, 0.4) is 0 Å². The van der Waals surface area contributed by atoms with Gasteiger partial charge in [0.05, 0.1) is 18.3 Å². The van der Waals surface area contributed by atoms with E-state index in [1.165, 1.54) is 57.2 Å². The maximum Gasteiger partial charge on any atom is 0.196 e. The Bertz CT molecular complexity index is 2890. The van der Waals surface area contributed by atoms with Gasteiger partial charge in [-0.1, -0.05) is 60.7 Å². The van der Waals surface area contributed by atoms with Gasteiger partial charge < -0.3 is 29.1 Å². The van der Waals surface area contributed by atoms with Crippen LogP contribution in [0, 0.1) is 32.6 Å². The largest absolute Gasteiger partial charge is 0.508 e. The van der Waals surface area contributed by atoms with Gasteiger partial charge in [-0.3, -0.25) is 9.56 Å². The fourth-order valence-corrected chi connectivity index (χ4v) is 12.9. The molecule has 342 valence electrons. The van der Waals surface area contributed by atoms with Crippen LogP contribution in [0.4, 0.5) is 11.4 Å². The van der Waals surface area contributed by atoms with E-state index in [0.717, 1.165) is 105 Å². The Morgan fingerprint density at radius 3 is 2.07 bits per heavy atom. The highest BCUT2D eigenvalue weighted by molar-refractivity contribution is 7.15. The van der Waals surface area contributed by atoms with Crippen molar-refractivity contribution < 1.29 is 9.52 Å². The Balaban J connectivity index is 0.625. The molecule has 1 aliphatic carbocycles. The second-order valence-electron chi connectivity index (χ2n) is 19.7. The van der Waals surface area contributed by atoms with Gasteiger partial charge in [0.25, 0.3) is 0 Å². The fourth-order valence-electron chi connectivity index (χ4n) is 11.7. The van der Waals surface area contributed by atoms with Gasteiger partial charge in [0.15, 0.2) is 11.7 Å². The number of aryl methyl sites for hydroxylation is 3. The second kappa shape index (κ2) is 17.5. The van der Waals surface area contributed by atoms with Crippen molar-refractivity contribution in [2.24, 2.45) is 16.8 Å². The highest BCUT2D eigenvalue weighted by Gasteiger charge is 2.36. The molecule has 0 spiro atoms. The molecule has 12 heteroatoms. The van der Waals surface area contributed by atoms with Gasteiger partial charge in [-0.05, 0) is 104 Å². The molecule has 0 bridgehead atoms. The lowest BCUT2D eigenvalue weighted by Gasteiger charge is -2.46. The zero-order valence-corrected chi connectivity index (χ0v) is 39.6. The standard InChI is InChI=1S/C55H59N9O2S/c1-35-36(2)67-55-51(35)53(57-49(28-50-56-21-26-66-50)54-59-58-37(3)64(54)55)42-11-16-45(17-12-42)63-33-39(34-63)30-61-24-22-60(23-25-61)29-38-31-62(32-38)44-14-9-41(10-15-44)52-47(40-7-5-4-6-8-40)19-13-43-27-46(65)18-20-48(43)52/h4-12,14-18,20-21,26-27,38-39,47,49,52,65H,13,19,22-25,28-34H2,1-3H3/t47-,49+,52+/m1/s1. The van der Waals surface area contributed by atoms with Crippen LogP contribution in [0.5, 0.6) is 5.75 Å². The molecule has 3 atom stereocenters. The van der Waals surface area contributed by atoms with Crippen LogP contribution in [-0.4, -0.2) is 106 Å². The zero-order valence-electron chi connectivity index (χ0n) is 38.8. The van der Waals surface area contributed by atoms with E-state index in [1.54, 1.807) is 23.8 Å². The normalized spacial score (nSPS) is 21.2. The molecule has 3 aromatic heterocycles. The SMILES string of the molecule is Cc1sc2c(c1C)C(c1ccc(N3CC(CN4CCN(CC5CN(c6ccc([C@@H]7c8ccc(O)cc8CC[C@@H]7c7ccccc7)cc6)C5)CC4)C3)cc1)=N[C@@H](Cc1ncco1)c1nnc(C)n1-2. The number of phenolic OH excluding ortho intramolecular Hbond substituents is 1. The molecule has 7 heterocycles. The third-order valence-electron chi connectivity index (χ3n) is 15.4. The molecular weight excluding hydrogens is 851 g/mol. The Hall–Kier alpha value is -6.08. The lowest BCUT2D eigenvalue weighted by Crippen LogP contribution is -2.57.